The Labute approximate surface area is 480 Å². The number of hydrogen-bond acceptors (Lipinski definition) is 10. The van der Waals surface area contributed by atoms with E-state index in [9.17, 15) is 10.5 Å². The first-order valence-corrected chi connectivity index (χ1v) is 38.7. The molecule has 2 heterocycles. The second-order valence-electron chi connectivity index (χ2n) is 22.7. The predicted molar refractivity (Wildman–Crippen MR) is 346 cm³/mol. The SMILES string of the molecule is CCCCCCN(CCCCCC)c1oc2c(C#Cc3ccc(C(=S)SCC[Si](C)(C)C)cc3)c3c(C#N)c(N(CCCCCC)CCCCCC)oc3c(C#Cc3ccc(C(=S)SCC[Si](C)(C)C)cc3)c2c1C#N. The number of nitrogens with zero attached hydrogens (tertiary/aromatic N) is 4. The fourth-order valence-electron chi connectivity index (χ4n) is 9.05. The van der Waals surface area contributed by atoms with E-state index < -0.39 is 16.1 Å². The molecule has 0 fully saturated rings. The number of thioether (sulfide) groups is 2. The number of thiocarbonyl (C=S) groups is 2. The Hall–Kier alpha value is -4.25. The van der Waals surface area contributed by atoms with Crippen LogP contribution in [0.3, 0.4) is 0 Å². The van der Waals surface area contributed by atoms with Gasteiger partial charge < -0.3 is 18.6 Å². The van der Waals surface area contributed by atoms with E-state index in [1.54, 1.807) is 23.5 Å². The number of furan rings is 2. The summed E-state index contributed by atoms with van der Waals surface area (Å²) in [5.41, 5.74) is 6.45. The van der Waals surface area contributed by atoms with Crippen molar-refractivity contribution < 1.29 is 8.83 Å². The van der Waals surface area contributed by atoms with Crippen LogP contribution in [0.2, 0.25) is 51.4 Å². The van der Waals surface area contributed by atoms with E-state index in [2.05, 4.69) is 137 Å². The lowest BCUT2D eigenvalue weighted by atomic mass is 9.96. The second-order valence-corrected chi connectivity index (χ2v) is 37.5. The van der Waals surface area contributed by atoms with Gasteiger partial charge in [0.1, 0.15) is 23.3 Å². The van der Waals surface area contributed by atoms with Gasteiger partial charge in [0, 0.05) is 53.5 Å². The van der Waals surface area contributed by atoms with E-state index in [1.165, 1.54) is 12.1 Å². The third-order valence-corrected chi connectivity index (χ3v) is 20.9. The normalized spacial score (nSPS) is 11.5. The molecule has 6 nitrogen and oxygen atoms in total. The number of rotatable bonds is 30. The predicted octanol–water partition coefficient (Wildman–Crippen LogP) is 19.1. The van der Waals surface area contributed by atoms with Gasteiger partial charge in [0.2, 0.25) is 11.8 Å². The average molecular weight is 1130 g/mol. The lowest BCUT2D eigenvalue weighted by Crippen LogP contribution is -2.26. The summed E-state index contributed by atoms with van der Waals surface area (Å²) in [7, 11) is -2.36. The van der Waals surface area contributed by atoms with Crippen molar-refractivity contribution in [2.45, 2.75) is 182 Å². The fraction of sp³-hybridized carbons (Fsp3) is 0.531. The molecule has 0 radical (unpaired) electrons. The van der Waals surface area contributed by atoms with Crippen molar-refractivity contribution in [1.29, 1.82) is 10.5 Å². The van der Waals surface area contributed by atoms with Crippen LogP contribution in [0, 0.1) is 46.3 Å². The number of benzene rings is 3. The lowest BCUT2D eigenvalue weighted by Gasteiger charge is -2.22. The van der Waals surface area contributed by atoms with Gasteiger partial charge in [-0.3, -0.25) is 0 Å². The third-order valence-electron chi connectivity index (χ3n) is 13.7. The highest BCUT2D eigenvalue weighted by molar-refractivity contribution is 8.24. The van der Waals surface area contributed by atoms with Gasteiger partial charge in [-0.15, -0.1) is 23.5 Å². The first-order valence-electron chi connectivity index (χ1n) is 28.5. The summed E-state index contributed by atoms with van der Waals surface area (Å²) < 4.78 is 16.2. The van der Waals surface area contributed by atoms with Crippen LogP contribution in [-0.4, -0.2) is 62.2 Å². The summed E-state index contributed by atoms with van der Waals surface area (Å²) in [5.74, 6) is 17.2. The average Bonchev–Trinajstić information content (AvgIpc) is 3.99. The molecule has 2 aromatic heterocycles. The Balaban J connectivity index is 1.81. The van der Waals surface area contributed by atoms with Crippen LogP contribution >= 0.6 is 48.0 Å². The van der Waals surface area contributed by atoms with Gasteiger partial charge in [-0.2, -0.15) is 10.5 Å². The number of nitriles is 2. The molecule has 0 spiro atoms. The summed E-state index contributed by atoms with van der Waals surface area (Å²) in [6.45, 7) is 26.3. The molecule has 0 aliphatic rings. The molecular weight excluding hydrogens is 1040 g/mol. The Bertz CT molecular complexity index is 2670. The van der Waals surface area contributed by atoms with Crippen molar-refractivity contribution >= 4 is 106 Å². The van der Waals surface area contributed by atoms with Crippen LogP contribution in [0.15, 0.2) is 57.4 Å². The fourth-order valence-corrected chi connectivity index (χ4v) is 16.5. The van der Waals surface area contributed by atoms with Crippen LogP contribution in [0.1, 0.15) is 175 Å². The summed E-state index contributed by atoms with van der Waals surface area (Å²) >= 11 is 15.3. The Kier molecular flexibility index (Phi) is 26.3. The molecule has 3 aromatic carbocycles. The summed E-state index contributed by atoms with van der Waals surface area (Å²) in [5, 5.41) is 24.0. The zero-order valence-electron chi connectivity index (χ0n) is 47.8. The molecule has 0 unspecified atom stereocenters. The lowest BCUT2D eigenvalue weighted by molar-refractivity contribution is 0.543. The Morgan fingerprint density at radius 1 is 0.461 bits per heavy atom. The first kappa shape index (κ1) is 62.6. The van der Waals surface area contributed by atoms with Gasteiger partial charge >= 0.3 is 0 Å². The molecule has 76 heavy (non-hydrogen) atoms. The maximum atomic E-state index is 11.4. The Morgan fingerprint density at radius 3 is 1.05 bits per heavy atom. The van der Waals surface area contributed by atoms with Gasteiger partial charge in [-0.25, -0.2) is 0 Å². The molecule has 5 rings (SSSR count). The zero-order chi connectivity index (χ0) is 55.1. The minimum atomic E-state index is -1.18. The highest BCUT2D eigenvalue weighted by Gasteiger charge is 2.32. The van der Waals surface area contributed by atoms with Crippen LogP contribution < -0.4 is 9.80 Å². The third kappa shape index (κ3) is 19.0. The molecule has 0 aliphatic carbocycles. The summed E-state index contributed by atoms with van der Waals surface area (Å²) in [6.07, 6.45) is 17.4. The van der Waals surface area contributed by atoms with Gasteiger partial charge in [0.25, 0.3) is 0 Å². The summed E-state index contributed by atoms with van der Waals surface area (Å²) in [4.78, 5) is 4.55. The number of fused-ring (bicyclic) bond motifs is 2. The summed E-state index contributed by atoms with van der Waals surface area (Å²) in [6, 6.07) is 24.0. The van der Waals surface area contributed by atoms with Crippen LogP contribution in [0.25, 0.3) is 21.9 Å². The molecule has 0 saturated carbocycles. The first-order chi connectivity index (χ1) is 36.6. The van der Waals surface area contributed by atoms with E-state index >= 15 is 0 Å². The molecule has 0 saturated heterocycles. The largest absolute Gasteiger partial charge is 0.438 e. The molecule has 0 aliphatic heterocycles. The van der Waals surface area contributed by atoms with E-state index in [4.69, 9.17) is 33.3 Å². The molecule has 0 amide bonds. The van der Waals surface area contributed by atoms with E-state index in [1.807, 2.05) is 24.3 Å². The molecule has 406 valence electrons. The van der Waals surface area contributed by atoms with E-state index in [0.29, 0.717) is 56.0 Å². The van der Waals surface area contributed by atoms with Crippen LogP contribution in [0.5, 0.6) is 0 Å². The van der Waals surface area contributed by atoms with Crippen molar-refractivity contribution in [3.8, 4) is 35.8 Å². The topological polar surface area (TPSA) is 80.3 Å². The highest BCUT2D eigenvalue weighted by Crippen LogP contribution is 2.45. The number of anilines is 2. The van der Waals surface area contributed by atoms with Crippen LogP contribution in [0.4, 0.5) is 11.8 Å². The van der Waals surface area contributed by atoms with Crippen LogP contribution in [-0.2, 0) is 0 Å². The molecular formula is C64H86N4O2S4Si2. The Morgan fingerprint density at radius 2 is 0.776 bits per heavy atom. The van der Waals surface area contributed by atoms with Crippen molar-refractivity contribution in [2.24, 2.45) is 0 Å². The maximum Gasteiger partial charge on any atom is 0.214 e. The molecule has 12 heteroatoms. The van der Waals surface area contributed by atoms with Gasteiger partial charge in [0.15, 0.2) is 11.2 Å². The highest BCUT2D eigenvalue weighted by atomic mass is 32.2. The van der Waals surface area contributed by atoms with Crippen molar-refractivity contribution in [2.75, 3.05) is 47.5 Å². The van der Waals surface area contributed by atoms with Crippen molar-refractivity contribution in [1.82, 2.24) is 0 Å². The van der Waals surface area contributed by atoms with Crippen molar-refractivity contribution in [3.63, 3.8) is 0 Å². The quantitative estimate of drug-likeness (QED) is 0.0192. The second kappa shape index (κ2) is 32.0. The number of hydrogen-bond donors (Lipinski definition) is 0. The molecule has 0 bridgehead atoms. The molecule has 5 aromatic rings. The number of unbranched alkanes of at least 4 members (excludes halogenated alkanes) is 12. The maximum absolute atomic E-state index is 11.4. The molecule has 0 atom stereocenters. The van der Waals surface area contributed by atoms with Crippen molar-refractivity contribution in [3.05, 3.63) is 93.0 Å². The minimum Gasteiger partial charge on any atom is -0.438 e. The minimum absolute atomic E-state index is 0.420. The van der Waals surface area contributed by atoms with E-state index in [-0.39, 0.29) is 0 Å². The van der Waals surface area contributed by atoms with Gasteiger partial charge in [0.05, 0.1) is 30.3 Å². The standard InChI is InChI=1S/C64H86N4O2S4Si2/c1-11-15-19-23-39-67(40-24-20-16-12-2)61-55(47-65)57-53(37-31-49-27-33-51(34-28-49)63(71)73-43-45-75(5,6)7)60-58(56(48-66)62(70-60)68(41-25-21-17-13-3)42-26-22-18-14-4)54(59(57)69-61)38-32-50-29-35-52(36-30-50)64(72)74-44-46-76(8,9)10/h27-30,33-36H,11-26,39-46H2,1-10H3. The van der Waals surface area contributed by atoms with Gasteiger partial charge in [-0.05, 0) is 84.7 Å². The van der Waals surface area contributed by atoms with E-state index in [0.717, 1.165) is 171 Å². The van der Waals surface area contributed by atoms with Gasteiger partial charge in [-0.1, -0.05) is 216 Å². The molecule has 0 N–H and O–H groups in total. The zero-order valence-corrected chi connectivity index (χ0v) is 53.1. The smallest absolute Gasteiger partial charge is 0.214 e. The monoisotopic (exact) mass is 1130 g/mol.